The summed E-state index contributed by atoms with van der Waals surface area (Å²) in [6.07, 6.45) is 57.3. The maximum absolute atomic E-state index is 12.7. The van der Waals surface area contributed by atoms with E-state index in [0.29, 0.717) is 13.0 Å². The molecule has 0 heterocycles. The maximum atomic E-state index is 12.7. The van der Waals surface area contributed by atoms with Crippen molar-refractivity contribution < 1.29 is 42.7 Å². The standard InChI is InChI=1S/C52H96NO9P/c1-3-5-7-9-11-13-15-17-19-21-23-25-26-28-30-32-34-36-38-40-42-44-51(54)62-49(47-60-63(57,58)61-48-50(53)52(55)56)46-59-45-43-41-39-37-35-33-31-29-27-24-22-20-18-16-14-12-10-8-6-4-2/h12,14,18,20-21,23-24,27,49-50H,3-11,13,15-17,19,22,25-26,28-48,53H2,1-2H3,(H,55,56)(H,57,58)/b14-12-,20-18-,23-21-,27-24-. The van der Waals surface area contributed by atoms with E-state index in [-0.39, 0.29) is 13.0 Å². The molecule has 0 saturated heterocycles. The third kappa shape index (κ3) is 47.7. The molecule has 11 heteroatoms. The average Bonchev–Trinajstić information content (AvgIpc) is 3.26. The summed E-state index contributed by atoms with van der Waals surface area (Å²) in [6, 6.07) is -1.48. The van der Waals surface area contributed by atoms with Crippen LogP contribution in [0, 0.1) is 0 Å². The summed E-state index contributed by atoms with van der Waals surface area (Å²) in [4.78, 5) is 33.7. The lowest BCUT2D eigenvalue weighted by atomic mass is 10.1. The monoisotopic (exact) mass is 910 g/mol. The molecular formula is C52H96NO9P. The van der Waals surface area contributed by atoms with Crippen LogP contribution in [0.2, 0.25) is 0 Å². The van der Waals surface area contributed by atoms with E-state index in [0.717, 1.165) is 57.8 Å². The van der Waals surface area contributed by atoms with Gasteiger partial charge >= 0.3 is 19.8 Å². The first-order valence-electron chi connectivity index (χ1n) is 25.7. The lowest BCUT2D eigenvalue weighted by Crippen LogP contribution is -2.34. The minimum atomic E-state index is -4.63. The summed E-state index contributed by atoms with van der Waals surface area (Å²) in [5.74, 6) is -1.78. The molecule has 0 saturated carbocycles. The van der Waals surface area contributed by atoms with Crippen LogP contribution < -0.4 is 5.73 Å². The molecule has 63 heavy (non-hydrogen) atoms. The number of hydrogen-bond donors (Lipinski definition) is 3. The summed E-state index contributed by atoms with van der Waals surface area (Å²) >= 11 is 0. The Morgan fingerprint density at radius 3 is 1.35 bits per heavy atom. The van der Waals surface area contributed by atoms with Crippen LogP contribution in [0.25, 0.3) is 0 Å². The molecule has 0 rings (SSSR count). The molecule has 0 radical (unpaired) electrons. The fourth-order valence-corrected chi connectivity index (χ4v) is 7.86. The van der Waals surface area contributed by atoms with Gasteiger partial charge in [0.2, 0.25) is 0 Å². The molecule has 3 atom stereocenters. The number of aliphatic carboxylic acids is 1. The van der Waals surface area contributed by atoms with Gasteiger partial charge in [-0.25, -0.2) is 4.57 Å². The van der Waals surface area contributed by atoms with Gasteiger partial charge in [0, 0.05) is 13.0 Å². The van der Waals surface area contributed by atoms with Crippen LogP contribution in [-0.2, 0) is 32.7 Å². The van der Waals surface area contributed by atoms with E-state index in [2.05, 4.69) is 62.5 Å². The van der Waals surface area contributed by atoms with Gasteiger partial charge in [-0.1, -0.05) is 197 Å². The molecule has 10 nitrogen and oxygen atoms in total. The zero-order valence-electron chi connectivity index (χ0n) is 40.4. The van der Waals surface area contributed by atoms with Gasteiger partial charge in [-0.2, -0.15) is 0 Å². The van der Waals surface area contributed by atoms with Crippen molar-refractivity contribution in [1.29, 1.82) is 0 Å². The Kier molecular flexibility index (Phi) is 46.3. The molecule has 368 valence electrons. The fraction of sp³-hybridized carbons (Fsp3) is 0.808. The van der Waals surface area contributed by atoms with E-state index < -0.39 is 45.1 Å². The van der Waals surface area contributed by atoms with Crippen molar-refractivity contribution in [1.82, 2.24) is 0 Å². The SMILES string of the molecule is CCCCC/C=C\C/C=C\C/C=C\CCCCCCCCCOCC(COP(=O)(O)OCC(N)C(=O)O)OC(=O)CCCCCCCCCCC/C=C\CCCCCCCCCC. The second-order valence-electron chi connectivity index (χ2n) is 17.3. The van der Waals surface area contributed by atoms with Crippen molar-refractivity contribution in [2.24, 2.45) is 5.73 Å². The van der Waals surface area contributed by atoms with Crippen LogP contribution in [0.4, 0.5) is 0 Å². The maximum Gasteiger partial charge on any atom is 0.472 e. The normalized spacial score (nSPS) is 14.1. The number of allylic oxidation sites excluding steroid dienone is 8. The summed E-state index contributed by atoms with van der Waals surface area (Å²) in [7, 11) is -4.63. The number of phosphoric acid groups is 1. The van der Waals surface area contributed by atoms with E-state index in [9.17, 15) is 19.0 Å². The van der Waals surface area contributed by atoms with Crippen molar-refractivity contribution in [3.63, 3.8) is 0 Å². The molecule has 0 spiro atoms. The van der Waals surface area contributed by atoms with Gasteiger partial charge in [-0.05, 0) is 77.0 Å². The molecule has 4 N–H and O–H groups in total. The first-order chi connectivity index (χ1) is 30.7. The number of carbonyl (C=O) groups is 2. The van der Waals surface area contributed by atoms with Crippen LogP contribution in [0.15, 0.2) is 48.6 Å². The van der Waals surface area contributed by atoms with Crippen molar-refractivity contribution >= 4 is 19.8 Å². The van der Waals surface area contributed by atoms with E-state index >= 15 is 0 Å². The molecule has 0 aliphatic carbocycles. The smallest absolute Gasteiger partial charge is 0.472 e. The lowest BCUT2D eigenvalue weighted by Gasteiger charge is -2.20. The highest BCUT2D eigenvalue weighted by Gasteiger charge is 2.27. The average molecular weight is 910 g/mol. The number of esters is 1. The van der Waals surface area contributed by atoms with Gasteiger partial charge in [-0.3, -0.25) is 18.6 Å². The van der Waals surface area contributed by atoms with Crippen LogP contribution in [0.5, 0.6) is 0 Å². The summed E-state index contributed by atoms with van der Waals surface area (Å²) in [5.41, 5.74) is 5.37. The Morgan fingerprint density at radius 1 is 0.508 bits per heavy atom. The summed E-state index contributed by atoms with van der Waals surface area (Å²) < 4.78 is 33.5. The van der Waals surface area contributed by atoms with Gasteiger partial charge in [0.25, 0.3) is 0 Å². The number of carboxylic acid groups (broad SMARTS) is 1. The second kappa shape index (κ2) is 47.9. The second-order valence-corrected chi connectivity index (χ2v) is 18.7. The molecule has 0 aromatic rings. The zero-order chi connectivity index (χ0) is 46.2. The predicted molar refractivity (Wildman–Crippen MR) is 263 cm³/mol. The van der Waals surface area contributed by atoms with Gasteiger partial charge in [0.1, 0.15) is 12.1 Å². The highest BCUT2D eigenvalue weighted by molar-refractivity contribution is 7.47. The van der Waals surface area contributed by atoms with E-state index in [1.165, 1.54) is 148 Å². The number of ether oxygens (including phenoxy) is 2. The molecule has 3 unspecified atom stereocenters. The van der Waals surface area contributed by atoms with Gasteiger partial charge in [-0.15, -0.1) is 0 Å². The first-order valence-corrected chi connectivity index (χ1v) is 27.2. The van der Waals surface area contributed by atoms with E-state index in [4.69, 9.17) is 29.4 Å². The number of phosphoric ester groups is 1. The van der Waals surface area contributed by atoms with Gasteiger partial charge in [0.05, 0.1) is 19.8 Å². The zero-order valence-corrected chi connectivity index (χ0v) is 41.3. The minimum absolute atomic E-state index is 0.00938. The van der Waals surface area contributed by atoms with Crippen LogP contribution in [-0.4, -0.2) is 60.5 Å². The quantitative estimate of drug-likeness (QED) is 0.0232. The van der Waals surface area contributed by atoms with E-state index in [1.54, 1.807) is 0 Å². The largest absolute Gasteiger partial charge is 0.480 e. The minimum Gasteiger partial charge on any atom is -0.480 e. The first kappa shape index (κ1) is 60.9. The third-order valence-electron chi connectivity index (χ3n) is 11.1. The molecule has 0 bridgehead atoms. The van der Waals surface area contributed by atoms with Crippen molar-refractivity contribution in [3.8, 4) is 0 Å². The summed E-state index contributed by atoms with van der Waals surface area (Å²) in [6.45, 7) is 3.86. The molecule has 0 aromatic heterocycles. The Labute approximate surface area is 386 Å². The number of unbranched alkanes of at least 4 members (excludes halogenated alkanes) is 27. The number of carbonyl (C=O) groups excluding carboxylic acids is 1. The number of nitrogens with two attached hydrogens (primary N) is 1. The Morgan fingerprint density at radius 2 is 0.873 bits per heavy atom. The Hall–Kier alpha value is -2.07. The number of hydrogen-bond acceptors (Lipinski definition) is 8. The van der Waals surface area contributed by atoms with Crippen LogP contribution in [0.1, 0.15) is 232 Å². The predicted octanol–water partition coefficient (Wildman–Crippen LogP) is 15.0. The Bertz CT molecular complexity index is 1190. The van der Waals surface area contributed by atoms with Gasteiger partial charge < -0.3 is 25.2 Å². The lowest BCUT2D eigenvalue weighted by molar-refractivity contribution is -0.154. The molecule has 0 amide bonds. The number of rotatable bonds is 49. The summed E-state index contributed by atoms with van der Waals surface area (Å²) in [5, 5.41) is 8.93. The highest BCUT2D eigenvalue weighted by Crippen LogP contribution is 2.43. The van der Waals surface area contributed by atoms with Crippen LogP contribution in [0.3, 0.4) is 0 Å². The Balaban J connectivity index is 4.16. The molecule has 0 aliphatic rings. The molecule has 0 aliphatic heterocycles. The van der Waals surface area contributed by atoms with Crippen molar-refractivity contribution in [2.75, 3.05) is 26.4 Å². The molecule has 0 aromatic carbocycles. The molecule has 0 fully saturated rings. The highest BCUT2D eigenvalue weighted by atomic mass is 31.2. The van der Waals surface area contributed by atoms with Crippen LogP contribution >= 0.6 is 7.82 Å². The fourth-order valence-electron chi connectivity index (χ4n) is 7.08. The van der Waals surface area contributed by atoms with Gasteiger partial charge in [0.15, 0.2) is 0 Å². The van der Waals surface area contributed by atoms with E-state index in [1.807, 2.05) is 0 Å². The third-order valence-corrected chi connectivity index (χ3v) is 12.0. The molecular weight excluding hydrogens is 814 g/mol. The van der Waals surface area contributed by atoms with Crippen molar-refractivity contribution in [3.05, 3.63) is 48.6 Å². The number of carboxylic acids is 1. The topological polar surface area (TPSA) is 155 Å². The van der Waals surface area contributed by atoms with Crippen molar-refractivity contribution in [2.45, 2.75) is 244 Å².